The Kier molecular flexibility index (Phi) is 4.38. The van der Waals surface area contributed by atoms with Gasteiger partial charge in [-0.05, 0) is 0 Å². The van der Waals surface area contributed by atoms with Crippen LogP contribution in [0.1, 0.15) is 6.42 Å². The predicted octanol–water partition coefficient (Wildman–Crippen LogP) is -3.44. The maximum absolute atomic E-state index is 11.0. The molecule has 0 aromatic carbocycles. The Bertz CT molecular complexity index is 282. The lowest BCUT2D eigenvalue weighted by molar-refractivity contribution is -0.333. The van der Waals surface area contributed by atoms with E-state index in [9.17, 15) is 25.2 Å². The molecule has 1 aliphatic rings. The molecule has 9 nitrogen and oxygen atoms in total. The van der Waals surface area contributed by atoms with Crippen LogP contribution >= 0.6 is 0 Å². The fourth-order valence-corrected chi connectivity index (χ4v) is 1.58. The van der Waals surface area contributed by atoms with E-state index in [-0.39, 0.29) is 0 Å². The van der Waals surface area contributed by atoms with E-state index < -0.39 is 49.2 Å². The molecule has 0 radical (unpaired) electrons. The van der Waals surface area contributed by atoms with Gasteiger partial charge in [0.15, 0.2) is 0 Å². The van der Waals surface area contributed by atoms with Gasteiger partial charge in [-0.25, -0.2) is 4.79 Å². The molecule has 1 rings (SSSR count). The molecule has 0 aromatic rings. The van der Waals surface area contributed by atoms with E-state index in [1.165, 1.54) is 0 Å². The minimum Gasteiger partial charge on any atom is -0.394 e. The standard InChI is InChI=1S/C8H14O9/c9-2-4(11)6-5(12)3(10)1-8(14,16-6)7(13)17-15/h3-6,9-12,14-15H,1-2H2/t3-,4-,5-,6?,8-/m1/s1. The summed E-state index contributed by atoms with van der Waals surface area (Å²) in [5.74, 6) is -4.30. The van der Waals surface area contributed by atoms with Crippen molar-refractivity contribution >= 4 is 5.97 Å². The number of hydrogen-bond acceptors (Lipinski definition) is 9. The van der Waals surface area contributed by atoms with Crippen LogP contribution in [0.4, 0.5) is 0 Å². The first-order valence-corrected chi connectivity index (χ1v) is 4.77. The SMILES string of the molecule is O=C(OO)[C@@]1(O)C[C@@H](O)[C@@H](O)C([C@H](O)CO)O1. The van der Waals surface area contributed by atoms with Crippen LogP contribution in [0.5, 0.6) is 0 Å². The molecule has 6 N–H and O–H groups in total. The summed E-state index contributed by atoms with van der Waals surface area (Å²) in [6.45, 7) is -0.821. The smallest absolute Gasteiger partial charge is 0.394 e. The second-order valence-electron chi connectivity index (χ2n) is 3.76. The molecule has 100 valence electrons. The second kappa shape index (κ2) is 5.23. The quantitative estimate of drug-likeness (QED) is 0.222. The Morgan fingerprint density at radius 3 is 2.59 bits per heavy atom. The van der Waals surface area contributed by atoms with Crippen LogP contribution in [0.3, 0.4) is 0 Å². The summed E-state index contributed by atoms with van der Waals surface area (Å²) in [6.07, 6.45) is -7.18. The van der Waals surface area contributed by atoms with Crippen LogP contribution in [0.2, 0.25) is 0 Å². The predicted molar refractivity (Wildman–Crippen MR) is 48.3 cm³/mol. The lowest BCUT2D eigenvalue weighted by Gasteiger charge is -2.41. The molecular weight excluding hydrogens is 240 g/mol. The highest BCUT2D eigenvalue weighted by atomic mass is 17.1. The molecule has 1 aliphatic heterocycles. The number of ether oxygens (including phenoxy) is 1. The molecule has 1 unspecified atom stereocenters. The first kappa shape index (κ1) is 14.3. The summed E-state index contributed by atoms with van der Waals surface area (Å²) in [5.41, 5.74) is 0. The van der Waals surface area contributed by atoms with Crippen LogP contribution in [0.15, 0.2) is 0 Å². The van der Waals surface area contributed by atoms with Gasteiger partial charge < -0.3 is 30.3 Å². The van der Waals surface area contributed by atoms with Crippen molar-refractivity contribution in [2.24, 2.45) is 0 Å². The van der Waals surface area contributed by atoms with Gasteiger partial charge in [0, 0.05) is 6.42 Å². The summed E-state index contributed by atoms with van der Waals surface area (Å²) >= 11 is 0. The van der Waals surface area contributed by atoms with E-state index in [0.29, 0.717) is 0 Å². The van der Waals surface area contributed by atoms with Crippen LogP contribution in [-0.4, -0.2) is 73.6 Å². The van der Waals surface area contributed by atoms with Crippen molar-refractivity contribution < 1.29 is 45.2 Å². The molecule has 1 saturated heterocycles. The first-order valence-electron chi connectivity index (χ1n) is 4.77. The molecule has 0 bridgehead atoms. The molecule has 0 amide bonds. The van der Waals surface area contributed by atoms with Crippen molar-refractivity contribution in [1.29, 1.82) is 0 Å². The van der Waals surface area contributed by atoms with E-state index >= 15 is 0 Å². The Hall–Kier alpha value is -0.810. The lowest BCUT2D eigenvalue weighted by Crippen LogP contribution is -2.62. The number of carbonyl (C=O) groups is 1. The topological polar surface area (TPSA) is 157 Å². The van der Waals surface area contributed by atoms with E-state index in [4.69, 9.17) is 10.4 Å². The average Bonchev–Trinajstić information content (AvgIpc) is 2.31. The van der Waals surface area contributed by atoms with Crippen molar-refractivity contribution in [2.45, 2.75) is 36.6 Å². The summed E-state index contributed by atoms with van der Waals surface area (Å²) in [6, 6.07) is 0. The Morgan fingerprint density at radius 1 is 1.53 bits per heavy atom. The number of carbonyl (C=O) groups excluding carboxylic acids is 1. The molecular formula is C8H14O9. The molecule has 0 aliphatic carbocycles. The molecule has 9 heteroatoms. The van der Waals surface area contributed by atoms with Gasteiger partial charge in [0.2, 0.25) is 0 Å². The number of aliphatic hydroxyl groups excluding tert-OH is 4. The zero-order valence-corrected chi connectivity index (χ0v) is 8.63. The number of aliphatic hydroxyl groups is 5. The molecule has 0 aromatic heterocycles. The van der Waals surface area contributed by atoms with Crippen molar-refractivity contribution in [3.8, 4) is 0 Å². The minimum atomic E-state index is -2.70. The highest BCUT2D eigenvalue weighted by Gasteiger charge is 2.53. The highest BCUT2D eigenvalue weighted by Crippen LogP contribution is 2.30. The van der Waals surface area contributed by atoms with Gasteiger partial charge in [0.05, 0.1) is 12.7 Å². The largest absolute Gasteiger partial charge is 0.400 e. The van der Waals surface area contributed by atoms with Gasteiger partial charge in [0.25, 0.3) is 5.79 Å². The zero-order chi connectivity index (χ0) is 13.2. The van der Waals surface area contributed by atoms with Crippen LogP contribution in [-0.2, 0) is 14.4 Å². The van der Waals surface area contributed by atoms with Gasteiger partial charge >= 0.3 is 5.97 Å². The first-order chi connectivity index (χ1) is 7.85. The molecule has 0 spiro atoms. The maximum atomic E-state index is 11.0. The van der Waals surface area contributed by atoms with Crippen molar-refractivity contribution in [2.75, 3.05) is 6.61 Å². The Balaban J connectivity index is 2.90. The van der Waals surface area contributed by atoms with Gasteiger partial charge in [-0.3, -0.25) is 4.89 Å². The number of rotatable bonds is 3. The lowest BCUT2D eigenvalue weighted by atomic mass is 9.93. The van der Waals surface area contributed by atoms with Crippen molar-refractivity contribution in [3.05, 3.63) is 0 Å². The number of hydrogen-bond donors (Lipinski definition) is 6. The van der Waals surface area contributed by atoms with Gasteiger partial charge in [0.1, 0.15) is 18.3 Å². The Labute approximate surface area is 95.4 Å². The van der Waals surface area contributed by atoms with Crippen LogP contribution in [0.25, 0.3) is 0 Å². The molecule has 1 heterocycles. The summed E-state index contributed by atoms with van der Waals surface area (Å²) in [5, 5.41) is 54.6. The van der Waals surface area contributed by atoms with E-state index in [0.717, 1.165) is 0 Å². The van der Waals surface area contributed by atoms with E-state index in [1.54, 1.807) is 0 Å². The van der Waals surface area contributed by atoms with Gasteiger partial charge in [-0.2, -0.15) is 5.26 Å². The highest BCUT2D eigenvalue weighted by molar-refractivity contribution is 5.77. The third-order valence-corrected chi connectivity index (χ3v) is 2.52. The normalized spacial score (nSPS) is 39.8. The molecule has 0 saturated carbocycles. The minimum absolute atomic E-state index is 0.748. The fraction of sp³-hybridized carbons (Fsp3) is 0.875. The molecule has 17 heavy (non-hydrogen) atoms. The van der Waals surface area contributed by atoms with Crippen LogP contribution < -0.4 is 0 Å². The fourth-order valence-electron chi connectivity index (χ4n) is 1.58. The maximum Gasteiger partial charge on any atom is 0.400 e. The van der Waals surface area contributed by atoms with Gasteiger partial charge in [-0.1, -0.05) is 0 Å². The summed E-state index contributed by atoms with van der Waals surface area (Å²) in [7, 11) is 0. The zero-order valence-electron chi connectivity index (χ0n) is 8.63. The van der Waals surface area contributed by atoms with E-state index in [2.05, 4.69) is 9.62 Å². The average molecular weight is 254 g/mol. The van der Waals surface area contributed by atoms with Crippen molar-refractivity contribution in [3.63, 3.8) is 0 Å². The van der Waals surface area contributed by atoms with Crippen LogP contribution in [0, 0.1) is 0 Å². The second-order valence-corrected chi connectivity index (χ2v) is 3.76. The molecule has 1 fully saturated rings. The monoisotopic (exact) mass is 254 g/mol. The van der Waals surface area contributed by atoms with Gasteiger partial charge in [-0.15, -0.1) is 0 Å². The summed E-state index contributed by atoms with van der Waals surface area (Å²) < 4.78 is 4.66. The van der Waals surface area contributed by atoms with Crippen molar-refractivity contribution in [1.82, 2.24) is 0 Å². The molecule has 5 atom stereocenters. The third kappa shape index (κ3) is 2.72. The third-order valence-electron chi connectivity index (χ3n) is 2.52. The van der Waals surface area contributed by atoms with E-state index in [1.807, 2.05) is 0 Å². The summed E-state index contributed by atoms with van der Waals surface area (Å²) in [4.78, 5) is 14.3. The Morgan fingerprint density at radius 2 is 2.12 bits per heavy atom.